The third kappa shape index (κ3) is 6.86. The number of carbonyl (C=O) groups excluding carboxylic acids is 2. The summed E-state index contributed by atoms with van der Waals surface area (Å²) in [4.78, 5) is 24.0. The van der Waals surface area contributed by atoms with Crippen molar-refractivity contribution in [1.82, 2.24) is 5.32 Å². The minimum atomic E-state index is -0.188. The van der Waals surface area contributed by atoms with Crippen LogP contribution in [-0.4, -0.2) is 31.0 Å². The van der Waals surface area contributed by atoms with Gasteiger partial charge in [-0.15, -0.1) is 0 Å². The number of nitrogens with one attached hydrogen (secondary N) is 3. The molecule has 0 radical (unpaired) electrons. The van der Waals surface area contributed by atoms with Crippen molar-refractivity contribution in [2.75, 3.05) is 23.8 Å². The smallest absolute Gasteiger partial charge is 0.251 e. The summed E-state index contributed by atoms with van der Waals surface area (Å²) in [6.07, 6.45) is 1.67. The van der Waals surface area contributed by atoms with Crippen molar-refractivity contribution >= 4 is 23.2 Å². The largest absolute Gasteiger partial charge is 0.489 e. The number of hydrogen-bond acceptors (Lipinski definition) is 4. The molecule has 0 spiro atoms. The van der Waals surface area contributed by atoms with Crippen LogP contribution in [0.3, 0.4) is 0 Å². The maximum Gasteiger partial charge on any atom is 0.251 e. The molecule has 0 bridgehead atoms. The number of rotatable bonds is 9. The van der Waals surface area contributed by atoms with E-state index in [1.165, 1.54) is 0 Å². The Morgan fingerprint density at radius 3 is 2.52 bits per heavy atom. The number of carbonyl (C=O) groups is 2. The molecule has 6 heteroatoms. The Morgan fingerprint density at radius 1 is 1.11 bits per heavy atom. The van der Waals surface area contributed by atoms with E-state index in [2.05, 4.69) is 22.5 Å². The zero-order valence-electron chi connectivity index (χ0n) is 15.6. The highest BCUT2D eigenvalue weighted by atomic mass is 16.5. The quantitative estimate of drug-likeness (QED) is 0.593. The summed E-state index contributed by atoms with van der Waals surface area (Å²) in [5.74, 6) is 0.380. The Bertz CT molecular complexity index is 786. The standard InChI is InChI=1S/C21H25N3O3/c1-4-12-27-19-7-5-6-18(13-19)22-14-20(25)24-17-10-8-16(9-11-17)21(26)23-15(2)3/h4-11,13,15,22H,1,12,14H2,2-3H3,(H,23,26)(H,24,25). The minimum Gasteiger partial charge on any atom is -0.489 e. The summed E-state index contributed by atoms with van der Waals surface area (Å²) < 4.78 is 5.46. The Balaban J connectivity index is 1.85. The Hall–Kier alpha value is -3.28. The van der Waals surface area contributed by atoms with Gasteiger partial charge in [0, 0.05) is 29.0 Å². The SMILES string of the molecule is C=CCOc1cccc(NCC(=O)Nc2ccc(C(=O)NC(C)C)cc2)c1. The molecule has 0 aromatic heterocycles. The first-order chi connectivity index (χ1) is 13.0. The van der Waals surface area contributed by atoms with Gasteiger partial charge >= 0.3 is 0 Å². The van der Waals surface area contributed by atoms with Crippen molar-refractivity contribution < 1.29 is 14.3 Å². The lowest BCUT2D eigenvalue weighted by Gasteiger charge is -2.11. The molecule has 0 aliphatic heterocycles. The van der Waals surface area contributed by atoms with E-state index in [-0.39, 0.29) is 24.4 Å². The number of ether oxygens (including phenoxy) is 1. The highest BCUT2D eigenvalue weighted by Gasteiger charge is 2.08. The van der Waals surface area contributed by atoms with Gasteiger partial charge in [-0.1, -0.05) is 18.7 Å². The third-order valence-electron chi connectivity index (χ3n) is 3.51. The van der Waals surface area contributed by atoms with Crippen molar-refractivity contribution in [3.05, 3.63) is 66.7 Å². The van der Waals surface area contributed by atoms with Gasteiger partial charge in [0.15, 0.2) is 0 Å². The third-order valence-corrected chi connectivity index (χ3v) is 3.51. The first-order valence-corrected chi connectivity index (χ1v) is 8.76. The van der Waals surface area contributed by atoms with Gasteiger partial charge in [0.05, 0.1) is 6.54 Å². The molecule has 3 N–H and O–H groups in total. The maximum atomic E-state index is 12.1. The molecule has 0 heterocycles. The van der Waals surface area contributed by atoms with E-state index in [4.69, 9.17) is 4.74 Å². The summed E-state index contributed by atoms with van der Waals surface area (Å²) in [7, 11) is 0. The molecule has 2 amide bonds. The second-order valence-corrected chi connectivity index (χ2v) is 6.23. The summed E-state index contributed by atoms with van der Waals surface area (Å²) in [6.45, 7) is 7.95. The Kier molecular flexibility index (Phi) is 7.43. The Morgan fingerprint density at radius 2 is 1.85 bits per heavy atom. The molecule has 0 saturated carbocycles. The highest BCUT2D eigenvalue weighted by Crippen LogP contribution is 2.17. The molecule has 6 nitrogen and oxygen atoms in total. The van der Waals surface area contributed by atoms with Crippen molar-refractivity contribution in [3.63, 3.8) is 0 Å². The molecule has 2 aromatic carbocycles. The van der Waals surface area contributed by atoms with Gasteiger partial charge in [0.1, 0.15) is 12.4 Å². The molecule has 0 aliphatic carbocycles. The molecular weight excluding hydrogens is 342 g/mol. The summed E-state index contributed by atoms with van der Waals surface area (Å²) in [5.41, 5.74) is 1.97. The van der Waals surface area contributed by atoms with E-state index < -0.39 is 0 Å². The normalized spacial score (nSPS) is 10.2. The van der Waals surface area contributed by atoms with E-state index in [9.17, 15) is 9.59 Å². The van der Waals surface area contributed by atoms with Crippen LogP contribution in [0.4, 0.5) is 11.4 Å². The van der Waals surface area contributed by atoms with Gasteiger partial charge < -0.3 is 20.7 Å². The van der Waals surface area contributed by atoms with Crippen LogP contribution in [0, 0.1) is 0 Å². The van der Waals surface area contributed by atoms with Crippen LogP contribution in [-0.2, 0) is 4.79 Å². The van der Waals surface area contributed by atoms with E-state index in [0.29, 0.717) is 23.6 Å². The summed E-state index contributed by atoms with van der Waals surface area (Å²) in [5, 5.41) is 8.66. The predicted octanol–water partition coefficient (Wildman–Crippen LogP) is 3.44. The van der Waals surface area contributed by atoms with Gasteiger partial charge in [0.2, 0.25) is 5.91 Å². The number of amides is 2. The van der Waals surface area contributed by atoms with Crippen LogP contribution < -0.4 is 20.7 Å². The molecular formula is C21H25N3O3. The molecule has 0 fully saturated rings. The molecule has 2 rings (SSSR count). The van der Waals surface area contributed by atoms with Crippen LogP contribution in [0.1, 0.15) is 24.2 Å². The number of benzene rings is 2. The monoisotopic (exact) mass is 367 g/mol. The Labute approximate surface area is 159 Å². The first kappa shape index (κ1) is 20.0. The van der Waals surface area contributed by atoms with Crippen LogP contribution in [0.2, 0.25) is 0 Å². The fourth-order valence-corrected chi connectivity index (χ4v) is 2.29. The average molecular weight is 367 g/mol. The van der Waals surface area contributed by atoms with Gasteiger partial charge in [-0.2, -0.15) is 0 Å². The van der Waals surface area contributed by atoms with E-state index in [0.717, 1.165) is 5.69 Å². The minimum absolute atomic E-state index is 0.0728. The van der Waals surface area contributed by atoms with Gasteiger partial charge in [-0.25, -0.2) is 0 Å². The molecule has 0 aliphatic rings. The van der Waals surface area contributed by atoms with Crippen molar-refractivity contribution in [1.29, 1.82) is 0 Å². The highest BCUT2D eigenvalue weighted by molar-refractivity contribution is 5.96. The second kappa shape index (κ2) is 10.0. The topological polar surface area (TPSA) is 79.5 Å². The summed E-state index contributed by atoms with van der Waals surface area (Å²) >= 11 is 0. The second-order valence-electron chi connectivity index (χ2n) is 6.23. The number of anilines is 2. The first-order valence-electron chi connectivity index (χ1n) is 8.76. The molecule has 0 atom stereocenters. The van der Waals surface area contributed by atoms with E-state index >= 15 is 0 Å². The molecule has 142 valence electrons. The lowest BCUT2D eigenvalue weighted by molar-refractivity contribution is -0.114. The van der Waals surface area contributed by atoms with Crippen molar-refractivity contribution in [2.45, 2.75) is 19.9 Å². The van der Waals surface area contributed by atoms with Crippen LogP contribution in [0.15, 0.2) is 61.2 Å². The van der Waals surface area contributed by atoms with Crippen molar-refractivity contribution in [2.24, 2.45) is 0 Å². The fourth-order valence-electron chi connectivity index (χ4n) is 2.29. The van der Waals surface area contributed by atoms with Crippen LogP contribution >= 0.6 is 0 Å². The zero-order chi connectivity index (χ0) is 19.6. The predicted molar refractivity (Wildman–Crippen MR) is 108 cm³/mol. The van der Waals surface area contributed by atoms with Gasteiger partial charge in [-0.3, -0.25) is 9.59 Å². The average Bonchev–Trinajstić information content (AvgIpc) is 2.65. The van der Waals surface area contributed by atoms with E-state index in [1.807, 2.05) is 38.1 Å². The molecule has 2 aromatic rings. The van der Waals surface area contributed by atoms with Gasteiger partial charge in [0.25, 0.3) is 5.91 Å². The molecule has 0 unspecified atom stereocenters. The van der Waals surface area contributed by atoms with Gasteiger partial charge in [-0.05, 0) is 50.2 Å². The number of hydrogen-bond donors (Lipinski definition) is 3. The maximum absolute atomic E-state index is 12.1. The molecule has 27 heavy (non-hydrogen) atoms. The van der Waals surface area contributed by atoms with E-state index in [1.54, 1.807) is 30.3 Å². The van der Waals surface area contributed by atoms with Crippen LogP contribution in [0.5, 0.6) is 5.75 Å². The summed E-state index contributed by atoms with van der Waals surface area (Å²) in [6, 6.07) is 14.2. The lowest BCUT2D eigenvalue weighted by Crippen LogP contribution is -2.30. The van der Waals surface area contributed by atoms with Crippen molar-refractivity contribution in [3.8, 4) is 5.75 Å². The fraction of sp³-hybridized carbons (Fsp3) is 0.238. The molecule has 0 saturated heterocycles. The zero-order valence-corrected chi connectivity index (χ0v) is 15.6. The van der Waals surface area contributed by atoms with Crippen LogP contribution in [0.25, 0.3) is 0 Å². The lowest BCUT2D eigenvalue weighted by atomic mass is 10.2.